The molecule has 1 aromatic carbocycles. The molecular weight excluding hydrogens is 342 g/mol. The van der Waals surface area contributed by atoms with Crippen LogP contribution in [-0.4, -0.2) is 29.2 Å². The lowest BCUT2D eigenvalue weighted by Gasteiger charge is -2.21. The maximum Gasteiger partial charge on any atom is 0.237 e. The van der Waals surface area contributed by atoms with E-state index in [2.05, 4.69) is 15.2 Å². The fourth-order valence-electron chi connectivity index (χ4n) is 2.68. The van der Waals surface area contributed by atoms with Gasteiger partial charge in [-0.1, -0.05) is 11.6 Å². The van der Waals surface area contributed by atoms with Crippen LogP contribution in [0.3, 0.4) is 0 Å². The number of anilines is 2. The van der Waals surface area contributed by atoms with Gasteiger partial charge in [-0.15, -0.1) is 11.8 Å². The van der Waals surface area contributed by atoms with Crippen LogP contribution in [0.15, 0.2) is 47.5 Å². The number of rotatable bonds is 5. The highest BCUT2D eigenvalue weighted by atomic mass is 35.5. The Morgan fingerprint density at radius 3 is 2.67 bits per heavy atom. The number of carbonyl (C=O) groups is 1. The molecule has 1 saturated heterocycles. The summed E-state index contributed by atoms with van der Waals surface area (Å²) < 4.78 is 0. The van der Waals surface area contributed by atoms with Gasteiger partial charge in [0.05, 0.1) is 10.9 Å². The normalized spacial score (nSPS) is 15.3. The number of amides is 1. The van der Waals surface area contributed by atoms with Crippen LogP contribution >= 0.6 is 23.4 Å². The predicted molar refractivity (Wildman–Crippen MR) is 101 cm³/mol. The van der Waals surface area contributed by atoms with E-state index in [9.17, 15) is 4.79 Å². The van der Waals surface area contributed by atoms with E-state index >= 15 is 0 Å². The van der Waals surface area contributed by atoms with Crippen molar-refractivity contribution in [3.05, 3.63) is 47.6 Å². The number of nitrogens with zero attached hydrogens (tertiary/aromatic N) is 2. The predicted octanol–water partition coefficient (Wildman–Crippen LogP) is 4.45. The zero-order valence-electron chi connectivity index (χ0n) is 13.5. The second kappa shape index (κ2) is 7.90. The zero-order chi connectivity index (χ0) is 16.9. The number of carbonyl (C=O) groups excluding carboxylic acids is 1. The first-order valence-corrected chi connectivity index (χ1v) is 9.32. The first kappa shape index (κ1) is 17.1. The molecule has 2 heterocycles. The maximum absolute atomic E-state index is 12.5. The monoisotopic (exact) mass is 361 g/mol. The number of nitrogens with one attached hydrogen (secondary N) is 1. The van der Waals surface area contributed by atoms with Gasteiger partial charge in [0.2, 0.25) is 5.91 Å². The van der Waals surface area contributed by atoms with Gasteiger partial charge < -0.3 is 10.2 Å². The quantitative estimate of drug-likeness (QED) is 0.799. The molecule has 126 valence electrons. The van der Waals surface area contributed by atoms with Crippen LogP contribution in [0.1, 0.15) is 19.8 Å². The Morgan fingerprint density at radius 1 is 1.25 bits per heavy atom. The molecule has 0 saturated carbocycles. The molecule has 1 amide bonds. The van der Waals surface area contributed by atoms with Crippen LogP contribution in [0.5, 0.6) is 0 Å². The summed E-state index contributed by atoms with van der Waals surface area (Å²) in [5, 5.41) is 3.51. The molecule has 3 rings (SSSR count). The van der Waals surface area contributed by atoms with Crippen molar-refractivity contribution in [3.63, 3.8) is 0 Å². The van der Waals surface area contributed by atoms with E-state index in [-0.39, 0.29) is 11.2 Å². The molecule has 0 radical (unpaired) electrons. The van der Waals surface area contributed by atoms with E-state index in [0.717, 1.165) is 29.5 Å². The van der Waals surface area contributed by atoms with Crippen molar-refractivity contribution < 1.29 is 4.79 Å². The smallest absolute Gasteiger partial charge is 0.237 e. The van der Waals surface area contributed by atoms with Gasteiger partial charge >= 0.3 is 0 Å². The SMILES string of the molecule is CC(Sc1ccc(Cl)cc1)C(=O)Nc1cccnc1N1CCCC1. The fraction of sp³-hybridized carbons (Fsp3) is 0.333. The number of pyridine rings is 1. The fourth-order valence-corrected chi connectivity index (χ4v) is 3.67. The Labute approximate surface area is 151 Å². The van der Waals surface area contributed by atoms with E-state index in [0.29, 0.717) is 5.02 Å². The molecule has 0 aliphatic carbocycles. The topological polar surface area (TPSA) is 45.2 Å². The van der Waals surface area contributed by atoms with E-state index in [4.69, 9.17) is 11.6 Å². The highest BCUT2D eigenvalue weighted by molar-refractivity contribution is 8.00. The van der Waals surface area contributed by atoms with Gasteiger partial charge in [0.25, 0.3) is 0 Å². The van der Waals surface area contributed by atoms with Gasteiger partial charge in [0, 0.05) is 29.2 Å². The molecule has 6 heteroatoms. The van der Waals surface area contributed by atoms with Crippen molar-refractivity contribution in [2.45, 2.75) is 29.9 Å². The first-order valence-electron chi connectivity index (χ1n) is 8.06. The van der Waals surface area contributed by atoms with Crippen LogP contribution in [0.4, 0.5) is 11.5 Å². The Morgan fingerprint density at radius 2 is 1.96 bits per heavy atom. The minimum atomic E-state index is -0.210. The number of aromatic nitrogens is 1. The Kier molecular flexibility index (Phi) is 5.63. The van der Waals surface area contributed by atoms with Crippen molar-refractivity contribution >= 4 is 40.8 Å². The molecule has 1 unspecified atom stereocenters. The van der Waals surface area contributed by atoms with Crippen molar-refractivity contribution in [1.29, 1.82) is 0 Å². The summed E-state index contributed by atoms with van der Waals surface area (Å²) in [5.74, 6) is 0.843. The van der Waals surface area contributed by atoms with Gasteiger partial charge in [-0.2, -0.15) is 0 Å². The third-order valence-corrected chi connectivity index (χ3v) is 5.31. The molecule has 1 N–H and O–H groups in total. The minimum Gasteiger partial charge on any atom is -0.355 e. The van der Waals surface area contributed by atoms with E-state index in [1.165, 1.54) is 24.6 Å². The lowest BCUT2D eigenvalue weighted by molar-refractivity contribution is -0.115. The van der Waals surface area contributed by atoms with Gasteiger partial charge in [-0.3, -0.25) is 4.79 Å². The number of hydrogen-bond acceptors (Lipinski definition) is 4. The molecule has 1 aliphatic heterocycles. The van der Waals surface area contributed by atoms with E-state index in [1.54, 1.807) is 6.20 Å². The van der Waals surface area contributed by atoms with Crippen LogP contribution in [0.25, 0.3) is 0 Å². The van der Waals surface area contributed by atoms with Gasteiger partial charge in [0.15, 0.2) is 5.82 Å². The molecule has 0 spiro atoms. The summed E-state index contributed by atoms with van der Waals surface area (Å²) in [5.41, 5.74) is 0.785. The molecule has 1 aliphatic rings. The molecule has 2 aromatic rings. The zero-order valence-corrected chi connectivity index (χ0v) is 15.1. The number of benzene rings is 1. The average molecular weight is 362 g/mol. The summed E-state index contributed by atoms with van der Waals surface area (Å²) in [7, 11) is 0. The second-order valence-electron chi connectivity index (χ2n) is 5.77. The second-order valence-corrected chi connectivity index (χ2v) is 7.62. The Hall–Kier alpha value is -1.72. The van der Waals surface area contributed by atoms with Crippen molar-refractivity contribution in [3.8, 4) is 0 Å². The molecule has 0 bridgehead atoms. The number of halogens is 1. The largest absolute Gasteiger partial charge is 0.355 e. The first-order chi connectivity index (χ1) is 11.6. The van der Waals surface area contributed by atoms with Crippen LogP contribution < -0.4 is 10.2 Å². The summed E-state index contributed by atoms with van der Waals surface area (Å²) in [6.45, 7) is 3.89. The van der Waals surface area contributed by atoms with Crippen LogP contribution in [0, 0.1) is 0 Å². The van der Waals surface area contributed by atoms with Crippen molar-refractivity contribution in [1.82, 2.24) is 4.98 Å². The van der Waals surface area contributed by atoms with E-state index in [1.807, 2.05) is 43.3 Å². The summed E-state index contributed by atoms with van der Waals surface area (Å²) >= 11 is 7.41. The van der Waals surface area contributed by atoms with Crippen LogP contribution in [0.2, 0.25) is 5.02 Å². The van der Waals surface area contributed by atoms with E-state index < -0.39 is 0 Å². The molecule has 24 heavy (non-hydrogen) atoms. The lowest BCUT2D eigenvalue weighted by atomic mass is 10.3. The Balaban J connectivity index is 1.67. The molecule has 1 fully saturated rings. The molecule has 4 nitrogen and oxygen atoms in total. The average Bonchev–Trinajstić information content (AvgIpc) is 3.11. The van der Waals surface area contributed by atoms with Crippen molar-refractivity contribution in [2.75, 3.05) is 23.3 Å². The summed E-state index contributed by atoms with van der Waals surface area (Å²) in [6.07, 6.45) is 4.12. The van der Waals surface area contributed by atoms with Gasteiger partial charge in [-0.25, -0.2) is 4.98 Å². The third-order valence-electron chi connectivity index (χ3n) is 3.95. The summed E-state index contributed by atoms with van der Waals surface area (Å²) in [6, 6.07) is 11.3. The lowest BCUT2D eigenvalue weighted by Crippen LogP contribution is -2.26. The Bertz CT molecular complexity index is 702. The molecule has 1 atom stereocenters. The number of thioether (sulfide) groups is 1. The maximum atomic E-state index is 12.5. The standard InChI is InChI=1S/C18H20ClN3OS/c1-13(24-15-8-6-14(19)7-9-15)18(23)21-16-5-4-10-20-17(16)22-11-2-3-12-22/h4-10,13H,2-3,11-12H2,1H3,(H,21,23). The molecular formula is C18H20ClN3OS. The van der Waals surface area contributed by atoms with Crippen LogP contribution in [-0.2, 0) is 4.79 Å². The van der Waals surface area contributed by atoms with Crippen molar-refractivity contribution in [2.24, 2.45) is 0 Å². The molecule has 1 aromatic heterocycles. The number of hydrogen-bond donors (Lipinski definition) is 1. The van der Waals surface area contributed by atoms with Gasteiger partial charge in [-0.05, 0) is 56.2 Å². The highest BCUT2D eigenvalue weighted by Gasteiger charge is 2.20. The minimum absolute atomic E-state index is 0.0246. The van der Waals surface area contributed by atoms with Gasteiger partial charge in [0.1, 0.15) is 0 Å². The summed E-state index contributed by atoms with van der Waals surface area (Å²) in [4.78, 5) is 20.3. The third kappa shape index (κ3) is 4.22. The highest BCUT2D eigenvalue weighted by Crippen LogP contribution is 2.29.